The third-order valence-electron chi connectivity index (χ3n) is 2.80. The number of rotatable bonds is 4. The van der Waals surface area contributed by atoms with Gasteiger partial charge in [0.15, 0.2) is 5.82 Å². The van der Waals surface area contributed by atoms with E-state index in [1.54, 1.807) is 25.3 Å². The van der Waals surface area contributed by atoms with Gasteiger partial charge in [0.2, 0.25) is 0 Å². The van der Waals surface area contributed by atoms with E-state index in [0.717, 1.165) is 11.6 Å². The van der Waals surface area contributed by atoms with E-state index >= 15 is 0 Å². The second-order valence-corrected chi connectivity index (χ2v) is 4.02. The molecule has 6 heteroatoms. The monoisotopic (exact) mass is 258 g/mol. The molecule has 0 aliphatic carbocycles. The standard InChI is InChI=1S/C13H14N4O2/c1-9-15-16-13(17(9)2)8-19-12-5-10(7-14)4-11(6-12)18-3/h4-6H,8H2,1-3H3. The van der Waals surface area contributed by atoms with Crippen molar-refractivity contribution in [3.05, 3.63) is 35.4 Å². The Kier molecular flexibility index (Phi) is 3.66. The Labute approximate surface area is 111 Å². The van der Waals surface area contributed by atoms with E-state index in [2.05, 4.69) is 16.3 Å². The summed E-state index contributed by atoms with van der Waals surface area (Å²) in [6.45, 7) is 2.16. The van der Waals surface area contributed by atoms with Crippen molar-refractivity contribution in [3.63, 3.8) is 0 Å². The summed E-state index contributed by atoms with van der Waals surface area (Å²) < 4.78 is 12.6. The zero-order chi connectivity index (χ0) is 13.8. The molecule has 0 atom stereocenters. The number of nitriles is 1. The first-order chi connectivity index (χ1) is 9.13. The first-order valence-electron chi connectivity index (χ1n) is 5.71. The van der Waals surface area contributed by atoms with Crippen molar-refractivity contribution in [1.82, 2.24) is 14.8 Å². The third-order valence-corrected chi connectivity index (χ3v) is 2.80. The van der Waals surface area contributed by atoms with Gasteiger partial charge in [0.25, 0.3) is 0 Å². The van der Waals surface area contributed by atoms with Gasteiger partial charge in [-0.3, -0.25) is 0 Å². The lowest BCUT2D eigenvalue weighted by Crippen LogP contribution is -2.04. The molecule has 0 saturated heterocycles. The van der Waals surface area contributed by atoms with E-state index < -0.39 is 0 Å². The molecule has 0 radical (unpaired) electrons. The highest BCUT2D eigenvalue weighted by atomic mass is 16.5. The lowest BCUT2D eigenvalue weighted by atomic mass is 10.2. The van der Waals surface area contributed by atoms with Gasteiger partial charge in [-0.05, 0) is 19.1 Å². The molecule has 0 aliphatic rings. The number of hydrogen-bond acceptors (Lipinski definition) is 5. The van der Waals surface area contributed by atoms with Crippen LogP contribution in [0.1, 0.15) is 17.2 Å². The van der Waals surface area contributed by atoms with E-state index in [-0.39, 0.29) is 6.61 Å². The fourth-order valence-electron chi connectivity index (χ4n) is 1.56. The zero-order valence-corrected chi connectivity index (χ0v) is 11.0. The maximum absolute atomic E-state index is 8.93. The summed E-state index contributed by atoms with van der Waals surface area (Å²) >= 11 is 0. The Hall–Kier alpha value is -2.55. The second-order valence-electron chi connectivity index (χ2n) is 4.02. The molecule has 1 aromatic carbocycles. The molecule has 0 saturated carbocycles. The van der Waals surface area contributed by atoms with E-state index in [0.29, 0.717) is 17.1 Å². The van der Waals surface area contributed by atoms with Gasteiger partial charge in [-0.15, -0.1) is 10.2 Å². The molecule has 0 N–H and O–H groups in total. The quantitative estimate of drug-likeness (QED) is 0.832. The van der Waals surface area contributed by atoms with Crippen molar-refractivity contribution >= 4 is 0 Å². The van der Waals surface area contributed by atoms with Crippen molar-refractivity contribution in [3.8, 4) is 17.6 Å². The predicted molar refractivity (Wildman–Crippen MR) is 67.8 cm³/mol. The number of nitrogens with zero attached hydrogens (tertiary/aromatic N) is 4. The van der Waals surface area contributed by atoms with Gasteiger partial charge in [0, 0.05) is 13.1 Å². The molecule has 98 valence electrons. The molecule has 1 heterocycles. The smallest absolute Gasteiger partial charge is 0.170 e. The van der Waals surface area contributed by atoms with E-state index in [1.165, 1.54) is 0 Å². The highest BCUT2D eigenvalue weighted by Crippen LogP contribution is 2.22. The van der Waals surface area contributed by atoms with Crippen LogP contribution in [0.2, 0.25) is 0 Å². The highest BCUT2D eigenvalue weighted by molar-refractivity contribution is 5.43. The molecular weight excluding hydrogens is 244 g/mol. The van der Waals surface area contributed by atoms with Gasteiger partial charge >= 0.3 is 0 Å². The molecule has 0 fully saturated rings. The molecule has 0 bridgehead atoms. The lowest BCUT2D eigenvalue weighted by molar-refractivity contribution is 0.289. The Bertz CT molecular complexity index is 628. The highest BCUT2D eigenvalue weighted by Gasteiger charge is 2.07. The van der Waals surface area contributed by atoms with Gasteiger partial charge in [0.1, 0.15) is 23.9 Å². The summed E-state index contributed by atoms with van der Waals surface area (Å²) in [6.07, 6.45) is 0. The van der Waals surface area contributed by atoms with Gasteiger partial charge < -0.3 is 14.0 Å². The minimum atomic E-state index is 0.287. The summed E-state index contributed by atoms with van der Waals surface area (Å²) in [6, 6.07) is 7.10. The fourth-order valence-corrected chi connectivity index (χ4v) is 1.56. The van der Waals surface area contributed by atoms with Crippen molar-refractivity contribution in [2.45, 2.75) is 13.5 Å². The second kappa shape index (κ2) is 5.40. The van der Waals surface area contributed by atoms with Crippen LogP contribution in [-0.2, 0) is 13.7 Å². The van der Waals surface area contributed by atoms with Crippen LogP contribution >= 0.6 is 0 Å². The number of methoxy groups -OCH3 is 1. The van der Waals surface area contributed by atoms with Crippen molar-refractivity contribution in [1.29, 1.82) is 5.26 Å². The number of aryl methyl sites for hydroxylation is 1. The van der Waals surface area contributed by atoms with Crippen LogP contribution in [0.4, 0.5) is 0 Å². The summed E-state index contributed by atoms with van der Waals surface area (Å²) in [7, 11) is 3.42. The van der Waals surface area contributed by atoms with Crippen LogP contribution in [0, 0.1) is 18.3 Å². The van der Waals surface area contributed by atoms with Gasteiger partial charge in [-0.25, -0.2) is 0 Å². The predicted octanol–water partition coefficient (Wildman–Crippen LogP) is 1.58. The van der Waals surface area contributed by atoms with Crippen molar-refractivity contribution in [2.24, 2.45) is 7.05 Å². The molecule has 0 unspecified atom stereocenters. The summed E-state index contributed by atoms with van der Waals surface area (Å²) in [5, 5.41) is 16.9. The van der Waals surface area contributed by atoms with Crippen LogP contribution in [-0.4, -0.2) is 21.9 Å². The van der Waals surface area contributed by atoms with E-state index in [1.807, 2.05) is 18.5 Å². The molecule has 6 nitrogen and oxygen atoms in total. The lowest BCUT2D eigenvalue weighted by Gasteiger charge is -2.08. The van der Waals surface area contributed by atoms with Gasteiger partial charge in [-0.1, -0.05) is 0 Å². The van der Waals surface area contributed by atoms with Crippen molar-refractivity contribution in [2.75, 3.05) is 7.11 Å². The Balaban J connectivity index is 2.15. The molecule has 0 amide bonds. The number of benzene rings is 1. The molecule has 2 aromatic rings. The first-order valence-corrected chi connectivity index (χ1v) is 5.71. The third kappa shape index (κ3) is 2.83. The van der Waals surface area contributed by atoms with E-state index in [4.69, 9.17) is 14.7 Å². The number of aromatic nitrogens is 3. The molecule has 0 spiro atoms. The molecule has 0 aliphatic heterocycles. The molecule has 2 rings (SSSR count). The number of hydrogen-bond donors (Lipinski definition) is 0. The van der Waals surface area contributed by atoms with Crippen LogP contribution < -0.4 is 9.47 Å². The summed E-state index contributed by atoms with van der Waals surface area (Å²) in [5.74, 6) is 2.69. The molecule has 1 aromatic heterocycles. The van der Waals surface area contributed by atoms with Gasteiger partial charge in [0.05, 0.1) is 18.7 Å². The van der Waals surface area contributed by atoms with E-state index in [9.17, 15) is 0 Å². The maximum atomic E-state index is 8.93. The largest absolute Gasteiger partial charge is 0.497 e. The summed E-state index contributed by atoms with van der Waals surface area (Å²) in [5.41, 5.74) is 0.489. The van der Waals surface area contributed by atoms with Crippen LogP contribution in [0.25, 0.3) is 0 Å². The van der Waals surface area contributed by atoms with Gasteiger partial charge in [-0.2, -0.15) is 5.26 Å². The topological polar surface area (TPSA) is 73.0 Å². The SMILES string of the molecule is COc1cc(C#N)cc(OCc2nnc(C)n2C)c1. The minimum absolute atomic E-state index is 0.287. The maximum Gasteiger partial charge on any atom is 0.170 e. The molecule has 19 heavy (non-hydrogen) atoms. The fraction of sp³-hybridized carbons (Fsp3) is 0.308. The molecular formula is C13H14N4O2. The zero-order valence-electron chi connectivity index (χ0n) is 11.0. The Morgan fingerprint density at radius 3 is 2.58 bits per heavy atom. The normalized spacial score (nSPS) is 10.0. The van der Waals surface area contributed by atoms with Crippen LogP contribution in [0.15, 0.2) is 18.2 Å². The Morgan fingerprint density at radius 2 is 2.00 bits per heavy atom. The minimum Gasteiger partial charge on any atom is -0.497 e. The average Bonchev–Trinajstić information content (AvgIpc) is 2.76. The van der Waals surface area contributed by atoms with Crippen LogP contribution in [0.3, 0.4) is 0 Å². The van der Waals surface area contributed by atoms with Crippen LogP contribution in [0.5, 0.6) is 11.5 Å². The average molecular weight is 258 g/mol. The van der Waals surface area contributed by atoms with Crippen molar-refractivity contribution < 1.29 is 9.47 Å². The summed E-state index contributed by atoms with van der Waals surface area (Å²) in [4.78, 5) is 0. The number of ether oxygens (including phenoxy) is 2. The Morgan fingerprint density at radius 1 is 1.26 bits per heavy atom. The first kappa shape index (κ1) is 12.9.